The molecule has 5 heteroatoms. The molecule has 1 heterocycles. The molecule has 0 bridgehead atoms. The second-order valence-corrected chi connectivity index (χ2v) is 3.78. The van der Waals surface area contributed by atoms with E-state index in [-0.39, 0.29) is 13.2 Å². The zero-order chi connectivity index (χ0) is 12.5. The Bertz CT molecular complexity index is 303. The molecule has 0 saturated heterocycles. The molecule has 5 nitrogen and oxygen atoms in total. The summed E-state index contributed by atoms with van der Waals surface area (Å²) >= 11 is 0. The van der Waals surface area contributed by atoms with Crippen molar-refractivity contribution in [1.82, 2.24) is 4.98 Å². The van der Waals surface area contributed by atoms with Crippen LogP contribution in [0.4, 0.5) is 5.69 Å². The van der Waals surface area contributed by atoms with E-state index in [0.29, 0.717) is 11.9 Å². The molecule has 17 heavy (non-hydrogen) atoms. The molecule has 0 aromatic carbocycles. The number of ether oxygens (including phenoxy) is 2. The van der Waals surface area contributed by atoms with Crippen LogP contribution < -0.4 is 10.1 Å². The van der Waals surface area contributed by atoms with E-state index in [4.69, 9.17) is 14.6 Å². The SMILES string of the molecule is COCCC(C)Nc1ccc(OCCO)nc1. The monoisotopic (exact) mass is 240 g/mol. The van der Waals surface area contributed by atoms with Crippen molar-refractivity contribution >= 4 is 5.69 Å². The molecule has 0 aliphatic heterocycles. The third-order valence-electron chi connectivity index (χ3n) is 2.25. The molecule has 0 aliphatic rings. The molecular formula is C12H20N2O3. The maximum atomic E-state index is 8.61. The third kappa shape index (κ3) is 5.51. The summed E-state index contributed by atoms with van der Waals surface area (Å²) in [7, 11) is 1.70. The molecule has 0 radical (unpaired) electrons. The summed E-state index contributed by atoms with van der Waals surface area (Å²) < 4.78 is 10.2. The molecule has 0 saturated carbocycles. The smallest absolute Gasteiger partial charge is 0.213 e. The van der Waals surface area contributed by atoms with Crippen molar-refractivity contribution in [3.05, 3.63) is 18.3 Å². The summed E-state index contributed by atoms with van der Waals surface area (Å²) in [5.41, 5.74) is 0.949. The first-order valence-electron chi connectivity index (χ1n) is 5.71. The van der Waals surface area contributed by atoms with Crippen LogP contribution in [0.2, 0.25) is 0 Å². The molecule has 0 amide bonds. The van der Waals surface area contributed by atoms with E-state index in [2.05, 4.69) is 17.2 Å². The van der Waals surface area contributed by atoms with Gasteiger partial charge >= 0.3 is 0 Å². The summed E-state index contributed by atoms with van der Waals surface area (Å²) in [6, 6.07) is 4.02. The van der Waals surface area contributed by atoms with Crippen LogP contribution in [0.3, 0.4) is 0 Å². The molecule has 1 aromatic rings. The van der Waals surface area contributed by atoms with Crippen LogP contribution in [0.5, 0.6) is 5.88 Å². The molecule has 0 spiro atoms. The normalized spacial score (nSPS) is 12.2. The van der Waals surface area contributed by atoms with Gasteiger partial charge < -0.3 is 19.9 Å². The number of hydrogen-bond acceptors (Lipinski definition) is 5. The van der Waals surface area contributed by atoms with Gasteiger partial charge in [0.2, 0.25) is 5.88 Å². The van der Waals surface area contributed by atoms with Crippen LogP contribution in [0.25, 0.3) is 0 Å². The highest BCUT2D eigenvalue weighted by Crippen LogP contribution is 2.13. The first-order valence-corrected chi connectivity index (χ1v) is 5.71. The zero-order valence-corrected chi connectivity index (χ0v) is 10.3. The average Bonchev–Trinajstić information content (AvgIpc) is 2.35. The first kappa shape index (κ1) is 13.7. The van der Waals surface area contributed by atoms with E-state index in [0.717, 1.165) is 18.7 Å². The van der Waals surface area contributed by atoms with Crippen molar-refractivity contribution in [2.75, 3.05) is 32.2 Å². The third-order valence-corrected chi connectivity index (χ3v) is 2.25. The Morgan fingerprint density at radius 1 is 1.41 bits per heavy atom. The minimum atomic E-state index is -0.00423. The molecule has 1 unspecified atom stereocenters. The van der Waals surface area contributed by atoms with E-state index >= 15 is 0 Å². The van der Waals surface area contributed by atoms with E-state index < -0.39 is 0 Å². The van der Waals surface area contributed by atoms with Gasteiger partial charge in [-0.3, -0.25) is 0 Å². The Morgan fingerprint density at radius 2 is 2.24 bits per heavy atom. The summed E-state index contributed by atoms with van der Waals surface area (Å²) in [5.74, 6) is 0.522. The highest BCUT2D eigenvalue weighted by Gasteiger charge is 2.02. The van der Waals surface area contributed by atoms with Gasteiger partial charge in [-0.2, -0.15) is 0 Å². The Balaban J connectivity index is 2.39. The van der Waals surface area contributed by atoms with Gasteiger partial charge in [-0.15, -0.1) is 0 Å². The highest BCUT2D eigenvalue weighted by atomic mass is 16.5. The number of anilines is 1. The minimum absolute atomic E-state index is 0.00423. The van der Waals surface area contributed by atoms with Crippen LogP contribution in [0.15, 0.2) is 18.3 Å². The van der Waals surface area contributed by atoms with Crippen molar-refractivity contribution in [3.8, 4) is 5.88 Å². The molecule has 1 aromatic heterocycles. The van der Waals surface area contributed by atoms with Gasteiger partial charge in [0.05, 0.1) is 18.5 Å². The van der Waals surface area contributed by atoms with E-state index in [1.54, 1.807) is 19.4 Å². The van der Waals surface area contributed by atoms with Gasteiger partial charge in [0.15, 0.2) is 0 Å². The molecule has 0 aliphatic carbocycles. The van der Waals surface area contributed by atoms with Gasteiger partial charge in [-0.05, 0) is 19.4 Å². The zero-order valence-electron chi connectivity index (χ0n) is 10.3. The van der Waals surface area contributed by atoms with Crippen LogP contribution in [-0.4, -0.2) is 43.1 Å². The maximum absolute atomic E-state index is 8.61. The molecular weight excluding hydrogens is 220 g/mol. The second-order valence-electron chi connectivity index (χ2n) is 3.78. The van der Waals surface area contributed by atoms with Crippen molar-refractivity contribution in [1.29, 1.82) is 0 Å². The van der Waals surface area contributed by atoms with Crippen molar-refractivity contribution in [3.63, 3.8) is 0 Å². The number of nitrogens with one attached hydrogen (secondary N) is 1. The predicted octanol–water partition coefficient (Wildman–Crippen LogP) is 1.29. The fourth-order valence-corrected chi connectivity index (χ4v) is 1.35. The van der Waals surface area contributed by atoms with Crippen molar-refractivity contribution in [2.24, 2.45) is 0 Å². The largest absolute Gasteiger partial charge is 0.475 e. The van der Waals surface area contributed by atoms with Crippen LogP contribution in [0.1, 0.15) is 13.3 Å². The second kappa shape index (κ2) is 7.86. The topological polar surface area (TPSA) is 63.6 Å². The summed E-state index contributed by atoms with van der Waals surface area (Å²) in [6.07, 6.45) is 2.66. The molecule has 0 fully saturated rings. The van der Waals surface area contributed by atoms with Crippen LogP contribution in [-0.2, 0) is 4.74 Å². The molecule has 1 rings (SSSR count). The standard InChI is InChI=1S/C12H20N2O3/c1-10(5-7-16-2)14-11-3-4-12(13-9-11)17-8-6-15/h3-4,9-10,14-15H,5-8H2,1-2H3. The van der Waals surface area contributed by atoms with E-state index in [1.165, 1.54) is 0 Å². The van der Waals surface area contributed by atoms with Gasteiger partial charge in [0.25, 0.3) is 0 Å². The number of pyridine rings is 1. The number of methoxy groups -OCH3 is 1. The number of aliphatic hydroxyl groups excluding tert-OH is 1. The van der Waals surface area contributed by atoms with Gasteiger partial charge in [0, 0.05) is 25.8 Å². The predicted molar refractivity (Wildman–Crippen MR) is 66.4 cm³/mol. The van der Waals surface area contributed by atoms with E-state index in [1.807, 2.05) is 6.07 Å². The first-order chi connectivity index (χ1) is 8.26. The number of rotatable bonds is 8. The van der Waals surface area contributed by atoms with Crippen molar-refractivity contribution in [2.45, 2.75) is 19.4 Å². The average molecular weight is 240 g/mol. The van der Waals surface area contributed by atoms with Crippen molar-refractivity contribution < 1.29 is 14.6 Å². The number of aliphatic hydroxyl groups is 1. The Morgan fingerprint density at radius 3 is 2.82 bits per heavy atom. The lowest BCUT2D eigenvalue weighted by atomic mass is 10.2. The lowest BCUT2D eigenvalue weighted by molar-refractivity contribution is 0.191. The van der Waals surface area contributed by atoms with E-state index in [9.17, 15) is 0 Å². The Labute approximate surface area is 102 Å². The van der Waals surface area contributed by atoms with Crippen LogP contribution >= 0.6 is 0 Å². The fraction of sp³-hybridized carbons (Fsp3) is 0.583. The maximum Gasteiger partial charge on any atom is 0.213 e. The fourth-order valence-electron chi connectivity index (χ4n) is 1.35. The quantitative estimate of drug-likeness (QED) is 0.717. The Hall–Kier alpha value is -1.33. The number of aromatic nitrogens is 1. The number of nitrogens with zero attached hydrogens (tertiary/aromatic N) is 1. The number of hydrogen-bond donors (Lipinski definition) is 2. The summed E-state index contributed by atoms with van der Waals surface area (Å²) in [5, 5.41) is 11.9. The molecule has 1 atom stereocenters. The van der Waals surface area contributed by atoms with Gasteiger partial charge in [-0.1, -0.05) is 0 Å². The Kier molecular flexibility index (Phi) is 6.35. The van der Waals surface area contributed by atoms with Gasteiger partial charge in [-0.25, -0.2) is 4.98 Å². The highest BCUT2D eigenvalue weighted by molar-refractivity contribution is 5.42. The molecule has 96 valence electrons. The minimum Gasteiger partial charge on any atom is -0.475 e. The summed E-state index contributed by atoms with van der Waals surface area (Å²) in [6.45, 7) is 3.09. The van der Waals surface area contributed by atoms with Gasteiger partial charge in [0.1, 0.15) is 6.61 Å². The summed E-state index contributed by atoms with van der Waals surface area (Å²) in [4.78, 5) is 4.12. The lowest BCUT2D eigenvalue weighted by Crippen LogP contribution is -2.17. The molecule has 2 N–H and O–H groups in total. The lowest BCUT2D eigenvalue weighted by Gasteiger charge is -2.14. The van der Waals surface area contributed by atoms with Crippen LogP contribution in [0, 0.1) is 0 Å².